The molecule has 1 saturated heterocycles. The fourth-order valence-corrected chi connectivity index (χ4v) is 2.65. The van der Waals surface area contributed by atoms with Gasteiger partial charge in [0, 0.05) is 19.5 Å². The average Bonchev–Trinajstić information content (AvgIpc) is 2.82. The molecule has 2 rings (SSSR count). The van der Waals surface area contributed by atoms with Crippen molar-refractivity contribution >= 4 is 5.91 Å². The third-order valence-corrected chi connectivity index (χ3v) is 3.85. The number of carbonyl (C=O) groups excluding carboxylic acids is 1. The molecule has 0 saturated carbocycles. The van der Waals surface area contributed by atoms with E-state index in [0.29, 0.717) is 13.0 Å². The van der Waals surface area contributed by atoms with Gasteiger partial charge in [-0.25, -0.2) is 0 Å². The van der Waals surface area contributed by atoms with E-state index in [2.05, 4.69) is 32.0 Å². The van der Waals surface area contributed by atoms with Gasteiger partial charge in [-0.05, 0) is 43.4 Å². The first kappa shape index (κ1) is 13.1. The summed E-state index contributed by atoms with van der Waals surface area (Å²) in [6.07, 6.45) is 2.62. The van der Waals surface area contributed by atoms with Crippen molar-refractivity contribution in [3.05, 3.63) is 34.9 Å². The standard InChI is InChI=1S/C15H22N2O/c1-11-5-6-13(10-12(11)2)14-4-3-9-17(14)15(18)7-8-16/h5-6,10,14H,3-4,7-9,16H2,1-2H3/t14-/m0/s1. The van der Waals surface area contributed by atoms with E-state index in [1.807, 2.05) is 4.90 Å². The number of nitrogens with zero attached hydrogens (tertiary/aromatic N) is 1. The van der Waals surface area contributed by atoms with Crippen LogP contribution in [0.2, 0.25) is 0 Å². The molecule has 0 aliphatic carbocycles. The number of aryl methyl sites for hydroxylation is 2. The van der Waals surface area contributed by atoms with E-state index >= 15 is 0 Å². The van der Waals surface area contributed by atoms with E-state index in [1.165, 1.54) is 16.7 Å². The third-order valence-electron chi connectivity index (χ3n) is 3.85. The maximum atomic E-state index is 12.0. The Bertz CT molecular complexity index is 442. The molecule has 0 bridgehead atoms. The van der Waals surface area contributed by atoms with E-state index in [1.54, 1.807) is 0 Å². The molecule has 0 spiro atoms. The lowest BCUT2D eigenvalue weighted by Crippen LogP contribution is -2.31. The second-order valence-corrected chi connectivity index (χ2v) is 5.13. The Labute approximate surface area is 109 Å². The largest absolute Gasteiger partial charge is 0.336 e. The maximum Gasteiger partial charge on any atom is 0.224 e. The van der Waals surface area contributed by atoms with Crippen LogP contribution in [0.5, 0.6) is 0 Å². The zero-order chi connectivity index (χ0) is 13.1. The summed E-state index contributed by atoms with van der Waals surface area (Å²) in [6, 6.07) is 6.77. The molecule has 1 fully saturated rings. The Morgan fingerprint density at radius 2 is 2.17 bits per heavy atom. The number of hydrogen-bond donors (Lipinski definition) is 1. The molecule has 1 amide bonds. The van der Waals surface area contributed by atoms with Crippen molar-refractivity contribution in [3.63, 3.8) is 0 Å². The summed E-state index contributed by atoms with van der Waals surface area (Å²) in [4.78, 5) is 14.0. The first-order valence-electron chi connectivity index (χ1n) is 6.70. The molecular weight excluding hydrogens is 224 g/mol. The molecule has 18 heavy (non-hydrogen) atoms. The summed E-state index contributed by atoms with van der Waals surface area (Å²) in [5.41, 5.74) is 9.34. The lowest BCUT2D eigenvalue weighted by molar-refractivity contribution is -0.131. The van der Waals surface area contributed by atoms with E-state index in [4.69, 9.17) is 5.73 Å². The summed E-state index contributed by atoms with van der Waals surface area (Å²) in [5.74, 6) is 0.193. The van der Waals surface area contributed by atoms with Crippen LogP contribution in [0.15, 0.2) is 18.2 Å². The van der Waals surface area contributed by atoms with Crippen LogP contribution in [0.3, 0.4) is 0 Å². The van der Waals surface area contributed by atoms with Crippen LogP contribution in [0.1, 0.15) is 42.0 Å². The highest BCUT2D eigenvalue weighted by atomic mass is 16.2. The number of hydrogen-bond acceptors (Lipinski definition) is 2. The van der Waals surface area contributed by atoms with Gasteiger partial charge in [-0.2, -0.15) is 0 Å². The lowest BCUT2D eigenvalue weighted by atomic mass is 9.99. The van der Waals surface area contributed by atoms with Crippen molar-refractivity contribution in [3.8, 4) is 0 Å². The van der Waals surface area contributed by atoms with Crippen LogP contribution in [0, 0.1) is 13.8 Å². The van der Waals surface area contributed by atoms with Crippen molar-refractivity contribution in [1.29, 1.82) is 0 Å². The summed E-state index contributed by atoms with van der Waals surface area (Å²) in [6.45, 7) is 5.55. The highest BCUT2D eigenvalue weighted by Gasteiger charge is 2.29. The van der Waals surface area contributed by atoms with E-state index in [9.17, 15) is 4.79 Å². The van der Waals surface area contributed by atoms with Crippen LogP contribution in [0.4, 0.5) is 0 Å². The first-order valence-corrected chi connectivity index (χ1v) is 6.70. The van der Waals surface area contributed by atoms with E-state index in [-0.39, 0.29) is 11.9 Å². The molecule has 1 aromatic carbocycles. The summed E-state index contributed by atoms with van der Waals surface area (Å²) in [5, 5.41) is 0. The van der Waals surface area contributed by atoms with Gasteiger partial charge in [-0.15, -0.1) is 0 Å². The van der Waals surface area contributed by atoms with Crippen molar-refractivity contribution < 1.29 is 4.79 Å². The fourth-order valence-electron chi connectivity index (χ4n) is 2.65. The first-order chi connectivity index (χ1) is 8.63. The van der Waals surface area contributed by atoms with Crippen molar-refractivity contribution in [2.24, 2.45) is 5.73 Å². The minimum absolute atomic E-state index is 0.193. The van der Waals surface area contributed by atoms with Crippen molar-refractivity contribution in [2.75, 3.05) is 13.1 Å². The second-order valence-electron chi connectivity index (χ2n) is 5.13. The number of likely N-dealkylation sites (tertiary alicyclic amines) is 1. The molecule has 1 aliphatic heterocycles. The molecule has 0 radical (unpaired) electrons. The van der Waals surface area contributed by atoms with E-state index < -0.39 is 0 Å². The van der Waals surface area contributed by atoms with Crippen LogP contribution in [-0.2, 0) is 4.79 Å². The molecule has 3 nitrogen and oxygen atoms in total. The highest BCUT2D eigenvalue weighted by molar-refractivity contribution is 5.77. The minimum atomic E-state index is 0.193. The van der Waals surface area contributed by atoms with Gasteiger partial charge in [0.2, 0.25) is 5.91 Å². The monoisotopic (exact) mass is 246 g/mol. The van der Waals surface area contributed by atoms with E-state index in [0.717, 1.165) is 19.4 Å². The van der Waals surface area contributed by atoms with Crippen molar-refractivity contribution in [2.45, 2.75) is 39.2 Å². The summed E-state index contributed by atoms with van der Waals surface area (Å²) >= 11 is 0. The lowest BCUT2D eigenvalue weighted by Gasteiger charge is -2.25. The number of benzene rings is 1. The van der Waals surface area contributed by atoms with Gasteiger partial charge >= 0.3 is 0 Å². The van der Waals surface area contributed by atoms with Gasteiger partial charge in [-0.1, -0.05) is 18.2 Å². The fraction of sp³-hybridized carbons (Fsp3) is 0.533. The molecule has 1 heterocycles. The number of rotatable bonds is 3. The maximum absolute atomic E-state index is 12.0. The van der Waals surface area contributed by atoms with Gasteiger partial charge in [0.05, 0.1) is 6.04 Å². The van der Waals surface area contributed by atoms with Gasteiger partial charge in [0.15, 0.2) is 0 Å². The van der Waals surface area contributed by atoms with Crippen LogP contribution >= 0.6 is 0 Å². The summed E-state index contributed by atoms with van der Waals surface area (Å²) < 4.78 is 0. The highest BCUT2D eigenvalue weighted by Crippen LogP contribution is 2.33. The van der Waals surface area contributed by atoms with Crippen LogP contribution < -0.4 is 5.73 Å². The Balaban J connectivity index is 2.20. The predicted octanol–water partition coefficient (Wildman–Crippen LogP) is 2.32. The SMILES string of the molecule is Cc1ccc([C@@H]2CCCN2C(=O)CCN)cc1C. The van der Waals surface area contributed by atoms with Crippen LogP contribution in [0.25, 0.3) is 0 Å². The van der Waals surface area contributed by atoms with Gasteiger partial charge < -0.3 is 10.6 Å². The molecule has 2 N–H and O–H groups in total. The Morgan fingerprint density at radius 1 is 1.39 bits per heavy atom. The van der Waals surface area contributed by atoms with Gasteiger partial charge in [0.25, 0.3) is 0 Å². The molecule has 0 aromatic heterocycles. The average molecular weight is 246 g/mol. The zero-order valence-electron chi connectivity index (χ0n) is 11.3. The number of carbonyl (C=O) groups is 1. The molecule has 98 valence electrons. The molecule has 1 aliphatic rings. The second kappa shape index (κ2) is 5.53. The quantitative estimate of drug-likeness (QED) is 0.889. The van der Waals surface area contributed by atoms with Crippen LogP contribution in [-0.4, -0.2) is 23.9 Å². The Morgan fingerprint density at radius 3 is 2.83 bits per heavy atom. The number of nitrogens with two attached hydrogens (primary N) is 1. The molecule has 0 unspecified atom stereocenters. The van der Waals surface area contributed by atoms with Gasteiger partial charge in [0.1, 0.15) is 0 Å². The molecule has 1 atom stereocenters. The van der Waals surface area contributed by atoms with Gasteiger partial charge in [-0.3, -0.25) is 4.79 Å². The Hall–Kier alpha value is -1.35. The zero-order valence-corrected chi connectivity index (χ0v) is 11.3. The molecule has 1 aromatic rings. The molecular formula is C15H22N2O. The summed E-state index contributed by atoms with van der Waals surface area (Å²) in [7, 11) is 0. The number of amides is 1. The smallest absolute Gasteiger partial charge is 0.224 e. The third kappa shape index (κ3) is 2.56. The van der Waals surface area contributed by atoms with Crippen molar-refractivity contribution in [1.82, 2.24) is 4.90 Å². The predicted molar refractivity (Wildman–Crippen MR) is 73.3 cm³/mol. The molecule has 3 heteroatoms. The topological polar surface area (TPSA) is 46.3 Å². The normalized spacial score (nSPS) is 19.3. The Kier molecular flexibility index (Phi) is 4.02. The minimum Gasteiger partial charge on any atom is -0.336 e.